The standard InChI is InChI=1S/C13H15N3O2/c1-15-10(13(14)17)8-18-11-6-2-4-9-5-3-7-16-12(9)11/h2-7,10,15H,8H2,1H3,(H2,14,17). The molecule has 1 atom stereocenters. The predicted molar refractivity (Wildman–Crippen MR) is 69.3 cm³/mol. The molecule has 2 rings (SSSR count). The molecule has 0 aliphatic carbocycles. The van der Waals surface area contributed by atoms with Gasteiger partial charge < -0.3 is 15.8 Å². The minimum Gasteiger partial charge on any atom is -0.489 e. The molecule has 3 N–H and O–H groups in total. The highest BCUT2D eigenvalue weighted by molar-refractivity contribution is 5.84. The number of carbonyl (C=O) groups excluding carboxylic acids is 1. The van der Waals surface area contributed by atoms with Gasteiger partial charge in [0.25, 0.3) is 0 Å². The molecule has 1 aromatic carbocycles. The summed E-state index contributed by atoms with van der Waals surface area (Å²) in [7, 11) is 1.67. The summed E-state index contributed by atoms with van der Waals surface area (Å²) in [6.45, 7) is 0.182. The van der Waals surface area contributed by atoms with Crippen LogP contribution >= 0.6 is 0 Å². The number of aromatic nitrogens is 1. The van der Waals surface area contributed by atoms with Crippen LogP contribution in [-0.4, -0.2) is 30.6 Å². The Morgan fingerprint density at radius 1 is 1.44 bits per heavy atom. The third-order valence-corrected chi connectivity index (χ3v) is 2.69. The molecule has 0 saturated heterocycles. The number of nitrogens with one attached hydrogen (secondary N) is 1. The molecule has 0 spiro atoms. The lowest BCUT2D eigenvalue weighted by molar-refractivity contribution is -0.120. The number of benzene rings is 1. The molecule has 0 fully saturated rings. The quantitative estimate of drug-likeness (QED) is 0.812. The van der Waals surface area contributed by atoms with E-state index in [9.17, 15) is 4.79 Å². The third-order valence-electron chi connectivity index (χ3n) is 2.69. The average Bonchev–Trinajstić information content (AvgIpc) is 2.39. The zero-order chi connectivity index (χ0) is 13.0. The number of likely N-dealkylation sites (N-methyl/N-ethyl adjacent to an activating group) is 1. The van der Waals surface area contributed by atoms with E-state index in [4.69, 9.17) is 10.5 Å². The molecule has 5 nitrogen and oxygen atoms in total. The maximum absolute atomic E-state index is 11.1. The van der Waals surface area contributed by atoms with Gasteiger partial charge in [-0.1, -0.05) is 18.2 Å². The number of pyridine rings is 1. The van der Waals surface area contributed by atoms with Gasteiger partial charge in [-0.25, -0.2) is 0 Å². The first-order valence-corrected chi connectivity index (χ1v) is 5.65. The van der Waals surface area contributed by atoms with Crippen LogP contribution in [0.25, 0.3) is 10.9 Å². The Morgan fingerprint density at radius 3 is 2.94 bits per heavy atom. The number of hydrogen-bond donors (Lipinski definition) is 2. The lowest BCUT2D eigenvalue weighted by atomic mass is 10.2. The van der Waals surface area contributed by atoms with Gasteiger partial charge in [0, 0.05) is 11.6 Å². The van der Waals surface area contributed by atoms with Crippen LogP contribution < -0.4 is 15.8 Å². The molecule has 0 bridgehead atoms. The molecule has 2 aromatic rings. The van der Waals surface area contributed by atoms with Crippen molar-refractivity contribution in [3.05, 3.63) is 36.5 Å². The van der Waals surface area contributed by atoms with Crippen molar-refractivity contribution in [2.24, 2.45) is 5.73 Å². The van der Waals surface area contributed by atoms with E-state index in [0.29, 0.717) is 5.75 Å². The monoisotopic (exact) mass is 245 g/mol. The van der Waals surface area contributed by atoms with E-state index >= 15 is 0 Å². The minimum absolute atomic E-state index is 0.182. The van der Waals surface area contributed by atoms with Gasteiger partial charge in [-0.15, -0.1) is 0 Å². The van der Waals surface area contributed by atoms with Crippen molar-refractivity contribution in [1.82, 2.24) is 10.3 Å². The second-order valence-corrected chi connectivity index (χ2v) is 3.89. The van der Waals surface area contributed by atoms with Crippen molar-refractivity contribution < 1.29 is 9.53 Å². The van der Waals surface area contributed by atoms with Gasteiger partial charge in [0.2, 0.25) is 5.91 Å². The van der Waals surface area contributed by atoms with E-state index in [1.807, 2.05) is 30.3 Å². The van der Waals surface area contributed by atoms with Gasteiger partial charge in [0.15, 0.2) is 0 Å². The molecule has 0 aliphatic heterocycles. The normalized spacial score (nSPS) is 12.3. The Kier molecular flexibility index (Phi) is 3.74. The molecule has 1 aromatic heterocycles. The van der Waals surface area contributed by atoms with E-state index in [2.05, 4.69) is 10.3 Å². The van der Waals surface area contributed by atoms with Gasteiger partial charge >= 0.3 is 0 Å². The fourth-order valence-electron chi connectivity index (χ4n) is 1.67. The fraction of sp³-hybridized carbons (Fsp3) is 0.231. The Labute approximate surface area is 105 Å². The molecule has 94 valence electrons. The molecule has 0 aliphatic rings. The van der Waals surface area contributed by atoms with Crippen LogP contribution in [0.4, 0.5) is 0 Å². The number of nitrogens with zero attached hydrogens (tertiary/aromatic N) is 1. The van der Waals surface area contributed by atoms with Crippen molar-refractivity contribution in [1.29, 1.82) is 0 Å². The molecule has 1 heterocycles. The lowest BCUT2D eigenvalue weighted by Crippen LogP contribution is -2.43. The first-order chi connectivity index (χ1) is 8.72. The highest BCUT2D eigenvalue weighted by atomic mass is 16.5. The summed E-state index contributed by atoms with van der Waals surface area (Å²) in [5.41, 5.74) is 6.00. The van der Waals surface area contributed by atoms with E-state index < -0.39 is 11.9 Å². The number of para-hydroxylation sites is 1. The van der Waals surface area contributed by atoms with Crippen molar-refractivity contribution >= 4 is 16.8 Å². The number of ether oxygens (including phenoxy) is 1. The predicted octanol–water partition coefficient (Wildman–Crippen LogP) is 0.687. The maximum Gasteiger partial charge on any atom is 0.238 e. The molecule has 1 unspecified atom stereocenters. The van der Waals surface area contributed by atoms with Crippen LogP contribution in [0.5, 0.6) is 5.75 Å². The number of nitrogens with two attached hydrogens (primary N) is 1. The summed E-state index contributed by atoms with van der Waals surface area (Å²) in [5.74, 6) is 0.209. The van der Waals surface area contributed by atoms with Crippen molar-refractivity contribution in [3.63, 3.8) is 0 Å². The Balaban J connectivity index is 2.19. The summed E-state index contributed by atoms with van der Waals surface area (Å²) in [6, 6.07) is 8.98. The number of primary amides is 1. The summed E-state index contributed by atoms with van der Waals surface area (Å²) in [4.78, 5) is 15.3. The van der Waals surface area contributed by atoms with Crippen LogP contribution in [0.3, 0.4) is 0 Å². The number of hydrogen-bond acceptors (Lipinski definition) is 4. The molecular formula is C13H15N3O2. The zero-order valence-electron chi connectivity index (χ0n) is 10.1. The molecule has 0 radical (unpaired) electrons. The number of carbonyl (C=O) groups is 1. The fourth-order valence-corrected chi connectivity index (χ4v) is 1.67. The largest absolute Gasteiger partial charge is 0.489 e. The molecule has 0 saturated carbocycles. The first kappa shape index (κ1) is 12.3. The highest BCUT2D eigenvalue weighted by Crippen LogP contribution is 2.22. The van der Waals surface area contributed by atoms with E-state index in [-0.39, 0.29) is 6.61 Å². The molecule has 1 amide bonds. The van der Waals surface area contributed by atoms with Crippen LogP contribution in [0.1, 0.15) is 0 Å². The van der Waals surface area contributed by atoms with Gasteiger partial charge in [-0.3, -0.25) is 9.78 Å². The average molecular weight is 245 g/mol. The SMILES string of the molecule is CNC(COc1cccc2cccnc12)C(N)=O. The maximum atomic E-state index is 11.1. The van der Waals surface area contributed by atoms with Gasteiger partial charge in [-0.05, 0) is 19.2 Å². The Hall–Kier alpha value is -2.14. The zero-order valence-corrected chi connectivity index (χ0v) is 10.1. The van der Waals surface area contributed by atoms with Crippen molar-refractivity contribution in [3.8, 4) is 5.75 Å². The van der Waals surface area contributed by atoms with E-state index in [1.165, 1.54) is 0 Å². The second-order valence-electron chi connectivity index (χ2n) is 3.89. The van der Waals surface area contributed by atoms with Crippen LogP contribution in [0, 0.1) is 0 Å². The summed E-state index contributed by atoms with van der Waals surface area (Å²) in [6.07, 6.45) is 1.71. The molecule has 18 heavy (non-hydrogen) atoms. The van der Waals surface area contributed by atoms with Crippen LogP contribution in [0.15, 0.2) is 36.5 Å². The van der Waals surface area contributed by atoms with Crippen LogP contribution in [0.2, 0.25) is 0 Å². The number of rotatable bonds is 5. The Bertz CT molecular complexity index is 551. The number of fused-ring (bicyclic) bond motifs is 1. The second kappa shape index (κ2) is 5.46. The highest BCUT2D eigenvalue weighted by Gasteiger charge is 2.14. The summed E-state index contributed by atoms with van der Waals surface area (Å²) in [5, 5.41) is 3.80. The van der Waals surface area contributed by atoms with E-state index in [1.54, 1.807) is 13.2 Å². The molecular weight excluding hydrogens is 230 g/mol. The van der Waals surface area contributed by atoms with Gasteiger partial charge in [0.05, 0.1) is 0 Å². The third kappa shape index (κ3) is 2.57. The number of amides is 1. The molecule has 5 heteroatoms. The summed E-state index contributed by atoms with van der Waals surface area (Å²) >= 11 is 0. The van der Waals surface area contributed by atoms with Gasteiger partial charge in [-0.2, -0.15) is 0 Å². The lowest BCUT2D eigenvalue weighted by Gasteiger charge is -2.14. The van der Waals surface area contributed by atoms with Crippen molar-refractivity contribution in [2.45, 2.75) is 6.04 Å². The summed E-state index contributed by atoms with van der Waals surface area (Å²) < 4.78 is 5.61. The van der Waals surface area contributed by atoms with Crippen molar-refractivity contribution in [2.75, 3.05) is 13.7 Å². The smallest absolute Gasteiger partial charge is 0.238 e. The van der Waals surface area contributed by atoms with Crippen LogP contribution in [-0.2, 0) is 4.79 Å². The Morgan fingerprint density at radius 2 is 2.22 bits per heavy atom. The topological polar surface area (TPSA) is 77.2 Å². The first-order valence-electron chi connectivity index (χ1n) is 5.65. The van der Waals surface area contributed by atoms with E-state index in [0.717, 1.165) is 10.9 Å². The van der Waals surface area contributed by atoms with Gasteiger partial charge in [0.1, 0.15) is 23.9 Å². The minimum atomic E-state index is -0.510.